The summed E-state index contributed by atoms with van der Waals surface area (Å²) in [5.41, 5.74) is 11.2. The molecule has 20 heavy (non-hydrogen) atoms. The van der Waals surface area contributed by atoms with Crippen molar-refractivity contribution in [2.45, 2.75) is 6.54 Å². The van der Waals surface area contributed by atoms with Gasteiger partial charge in [-0.3, -0.25) is 19.1 Å². The van der Waals surface area contributed by atoms with E-state index in [9.17, 15) is 14.4 Å². The molecule has 0 aliphatic heterocycles. The van der Waals surface area contributed by atoms with E-state index in [-0.39, 0.29) is 11.0 Å². The predicted molar refractivity (Wildman–Crippen MR) is 77.5 cm³/mol. The number of H-pyrrole nitrogens is 1. The highest BCUT2D eigenvalue weighted by Crippen LogP contribution is 2.15. The van der Waals surface area contributed by atoms with E-state index in [0.717, 1.165) is 0 Å². The summed E-state index contributed by atoms with van der Waals surface area (Å²) in [6.07, 6.45) is 1.38. The quantitative estimate of drug-likeness (QED) is 0.682. The Labute approximate surface area is 121 Å². The fourth-order valence-corrected chi connectivity index (χ4v) is 2.02. The molecule has 8 heteroatoms. The van der Waals surface area contributed by atoms with Gasteiger partial charge in [0.05, 0.1) is 11.0 Å². The van der Waals surface area contributed by atoms with Crippen LogP contribution >= 0.6 is 15.9 Å². The van der Waals surface area contributed by atoms with Crippen molar-refractivity contribution in [1.29, 1.82) is 0 Å². The summed E-state index contributed by atoms with van der Waals surface area (Å²) in [5, 5.41) is 0. The van der Waals surface area contributed by atoms with Crippen LogP contribution in [-0.2, 0) is 6.54 Å². The smallest absolute Gasteiger partial charge is 0.328 e. The summed E-state index contributed by atoms with van der Waals surface area (Å²) in [6.45, 7) is 0.166. The molecule has 1 amide bonds. The third-order valence-corrected chi connectivity index (χ3v) is 3.30. The molecular formula is C12H11BrN4O3. The molecule has 0 aliphatic rings. The molecule has 5 N–H and O–H groups in total. The molecule has 0 saturated carbocycles. The molecule has 2 rings (SSSR count). The molecule has 0 spiro atoms. The molecule has 1 aromatic heterocycles. The van der Waals surface area contributed by atoms with Gasteiger partial charge in [0.15, 0.2) is 0 Å². The minimum atomic E-state index is -0.577. The van der Waals surface area contributed by atoms with Gasteiger partial charge < -0.3 is 11.5 Å². The van der Waals surface area contributed by atoms with E-state index >= 15 is 0 Å². The second-order valence-electron chi connectivity index (χ2n) is 4.14. The minimum absolute atomic E-state index is 0.166. The number of hydrogen-bond donors (Lipinski definition) is 3. The summed E-state index contributed by atoms with van der Waals surface area (Å²) in [4.78, 5) is 36.1. The van der Waals surface area contributed by atoms with Crippen molar-refractivity contribution in [2.24, 2.45) is 5.73 Å². The monoisotopic (exact) mass is 338 g/mol. The Morgan fingerprint density at radius 2 is 2.05 bits per heavy atom. The van der Waals surface area contributed by atoms with Gasteiger partial charge in [-0.2, -0.15) is 0 Å². The zero-order valence-corrected chi connectivity index (χ0v) is 11.8. The van der Waals surface area contributed by atoms with Crippen molar-refractivity contribution >= 4 is 27.5 Å². The Morgan fingerprint density at radius 1 is 1.35 bits per heavy atom. The maximum Gasteiger partial charge on any atom is 0.328 e. The lowest BCUT2D eigenvalue weighted by atomic mass is 10.1. The molecule has 0 bridgehead atoms. The molecule has 1 heterocycles. The maximum atomic E-state index is 11.7. The van der Waals surface area contributed by atoms with Crippen molar-refractivity contribution in [3.63, 3.8) is 0 Å². The van der Waals surface area contributed by atoms with E-state index < -0.39 is 17.2 Å². The van der Waals surface area contributed by atoms with Crippen molar-refractivity contribution in [3.05, 3.63) is 60.8 Å². The van der Waals surface area contributed by atoms with Crippen LogP contribution in [0.3, 0.4) is 0 Å². The molecule has 2 aromatic rings. The van der Waals surface area contributed by atoms with Gasteiger partial charge in [0.1, 0.15) is 0 Å². The van der Waals surface area contributed by atoms with Crippen molar-refractivity contribution < 1.29 is 4.79 Å². The largest absolute Gasteiger partial charge is 0.398 e. The molecule has 0 aliphatic carbocycles. The lowest BCUT2D eigenvalue weighted by molar-refractivity contribution is 0.100. The van der Waals surface area contributed by atoms with E-state index in [2.05, 4.69) is 20.9 Å². The number of carbonyl (C=O) groups excluding carboxylic acids is 1. The highest BCUT2D eigenvalue weighted by atomic mass is 79.9. The van der Waals surface area contributed by atoms with E-state index in [4.69, 9.17) is 11.5 Å². The highest BCUT2D eigenvalue weighted by Gasteiger charge is 2.08. The number of amides is 1. The number of nitrogens with zero attached hydrogens (tertiary/aromatic N) is 1. The average Bonchev–Trinajstić information content (AvgIpc) is 2.37. The summed E-state index contributed by atoms with van der Waals surface area (Å²) in [6, 6.07) is 4.59. The number of primary amides is 1. The number of aromatic amines is 1. The number of rotatable bonds is 3. The first-order valence-electron chi connectivity index (χ1n) is 5.56. The second kappa shape index (κ2) is 5.33. The van der Waals surface area contributed by atoms with Crippen LogP contribution in [0.25, 0.3) is 0 Å². The van der Waals surface area contributed by atoms with E-state index in [1.807, 2.05) is 0 Å². The number of nitrogen functional groups attached to an aromatic ring is 1. The molecular weight excluding hydrogens is 328 g/mol. The molecule has 104 valence electrons. The number of hydrogen-bond acceptors (Lipinski definition) is 4. The van der Waals surface area contributed by atoms with Gasteiger partial charge in [0, 0.05) is 17.4 Å². The van der Waals surface area contributed by atoms with Crippen molar-refractivity contribution in [1.82, 2.24) is 9.55 Å². The molecule has 0 saturated heterocycles. The van der Waals surface area contributed by atoms with Gasteiger partial charge in [-0.05, 0) is 33.6 Å². The number of benzene rings is 1. The van der Waals surface area contributed by atoms with Crippen LogP contribution in [0.1, 0.15) is 15.9 Å². The Kier molecular flexibility index (Phi) is 3.75. The highest BCUT2D eigenvalue weighted by molar-refractivity contribution is 9.10. The fourth-order valence-electron chi connectivity index (χ4n) is 1.68. The van der Waals surface area contributed by atoms with Crippen LogP contribution in [0.5, 0.6) is 0 Å². The Balaban J connectivity index is 2.40. The standard InChI is InChI=1S/C12H11BrN4O3/c13-8-5-17(12(20)16-11(8)19)4-7-2-1-6(10(15)18)3-9(7)14/h1-3,5H,4,14H2,(H2,15,18)(H,16,19,20). The van der Waals surface area contributed by atoms with Gasteiger partial charge >= 0.3 is 5.69 Å². The van der Waals surface area contributed by atoms with Crippen LogP contribution in [0, 0.1) is 0 Å². The van der Waals surface area contributed by atoms with Crippen LogP contribution in [0.15, 0.2) is 38.5 Å². The first-order valence-corrected chi connectivity index (χ1v) is 6.35. The summed E-state index contributed by atoms with van der Waals surface area (Å²) < 4.78 is 1.53. The SMILES string of the molecule is NC(=O)c1ccc(Cn2cc(Br)c(=O)[nH]c2=O)c(N)c1. The molecule has 0 radical (unpaired) electrons. The first kappa shape index (κ1) is 14.1. The van der Waals surface area contributed by atoms with Crippen LogP contribution < -0.4 is 22.7 Å². The molecule has 0 unspecified atom stereocenters. The molecule has 0 atom stereocenters. The van der Waals surface area contributed by atoms with Crippen molar-refractivity contribution in [3.8, 4) is 0 Å². The number of carbonyl (C=O) groups is 1. The van der Waals surface area contributed by atoms with Crippen LogP contribution in [-0.4, -0.2) is 15.5 Å². The normalized spacial score (nSPS) is 10.4. The Hall–Kier alpha value is -2.35. The second-order valence-corrected chi connectivity index (χ2v) is 5.00. The summed E-state index contributed by atoms with van der Waals surface area (Å²) in [7, 11) is 0. The maximum absolute atomic E-state index is 11.7. The average molecular weight is 339 g/mol. The lowest BCUT2D eigenvalue weighted by Gasteiger charge is -2.09. The number of nitrogens with two attached hydrogens (primary N) is 2. The molecule has 7 nitrogen and oxygen atoms in total. The number of halogens is 1. The van der Waals surface area contributed by atoms with Gasteiger partial charge in [-0.15, -0.1) is 0 Å². The zero-order valence-electron chi connectivity index (χ0n) is 10.2. The van der Waals surface area contributed by atoms with Gasteiger partial charge in [-0.1, -0.05) is 6.07 Å². The van der Waals surface area contributed by atoms with Gasteiger partial charge in [-0.25, -0.2) is 4.79 Å². The van der Waals surface area contributed by atoms with Gasteiger partial charge in [0.25, 0.3) is 5.56 Å². The summed E-state index contributed by atoms with van der Waals surface area (Å²) in [5.74, 6) is -0.577. The van der Waals surface area contributed by atoms with Crippen LogP contribution in [0.2, 0.25) is 0 Å². The minimum Gasteiger partial charge on any atom is -0.398 e. The van der Waals surface area contributed by atoms with E-state index in [0.29, 0.717) is 16.8 Å². The predicted octanol–water partition coefficient (Wildman–Crippen LogP) is 0.0285. The first-order chi connectivity index (χ1) is 9.38. The number of anilines is 1. The third-order valence-electron chi connectivity index (χ3n) is 2.74. The van der Waals surface area contributed by atoms with Gasteiger partial charge in [0.2, 0.25) is 5.91 Å². The Bertz CT molecular complexity index is 794. The Morgan fingerprint density at radius 3 is 2.65 bits per heavy atom. The van der Waals surface area contributed by atoms with Crippen LogP contribution in [0.4, 0.5) is 5.69 Å². The zero-order chi connectivity index (χ0) is 14.9. The lowest BCUT2D eigenvalue weighted by Crippen LogP contribution is -2.30. The van der Waals surface area contributed by atoms with E-state index in [1.165, 1.54) is 22.9 Å². The molecule has 0 fully saturated rings. The van der Waals surface area contributed by atoms with Crippen molar-refractivity contribution in [2.75, 3.05) is 5.73 Å². The number of aromatic nitrogens is 2. The fraction of sp³-hybridized carbons (Fsp3) is 0.0833. The topological polar surface area (TPSA) is 124 Å². The molecule has 1 aromatic carbocycles. The van der Waals surface area contributed by atoms with E-state index in [1.54, 1.807) is 6.07 Å². The number of nitrogens with one attached hydrogen (secondary N) is 1. The summed E-state index contributed by atoms with van der Waals surface area (Å²) >= 11 is 3.05. The third kappa shape index (κ3) is 2.80.